The minimum atomic E-state index is -0.0518. The van der Waals surface area contributed by atoms with E-state index in [9.17, 15) is 5.11 Å². The second-order valence-corrected chi connectivity index (χ2v) is 4.29. The lowest BCUT2D eigenvalue weighted by Gasteiger charge is -2.25. The number of para-hydroxylation sites is 1. The van der Waals surface area contributed by atoms with Gasteiger partial charge in [-0.1, -0.05) is 12.1 Å². The van der Waals surface area contributed by atoms with Crippen molar-refractivity contribution in [3.8, 4) is 11.5 Å². The smallest absolute Gasteiger partial charge is 0.167 e. The zero-order chi connectivity index (χ0) is 12.8. The molecule has 1 saturated heterocycles. The zero-order valence-corrected chi connectivity index (χ0v) is 10.7. The topological polar surface area (TPSA) is 47.9 Å². The van der Waals surface area contributed by atoms with Gasteiger partial charge in [-0.05, 0) is 25.8 Å². The fraction of sp³-hybridized carbons (Fsp3) is 0.571. The third-order valence-corrected chi connectivity index (χ3v) is 2.93. The Kier molecular flexibility index (Phi) is 4.84. The molecule has 0 saturated carbocycles. The molecule has 1 aliphatic rings. The number of hydrogen-bond acceptors (Lipinski definition) is 4. The molecule has 0 radical (unpaired) electrons. The van der Waals surface area contributed by atoms with Crippen molar-refractivity contribution in [2.75, 3.05) is 19.8 Å². The summed E-state index contributed by atoms with van der Waals surface area (Å²) in [6.45, 7) is 3.86. The van der Waals surface area contributed by atoms with Crippen molar-refractivity contribution in [3.63, 3.8) is 0 Å². The van der Waals surface area contributed by atoms with Crippen molar-refractivity contribution in [1.29, 1.82) is 0 Å². The van der Waals surface area contributed by atoms with Gasteiger partial charge in [0.25, 0.3) is 0 Å². The lowest BCUT2D eigenvalue weighted by atomic mass is 10.1. The average molecular weight is 252 g/mol. The molecule has 1 aliphatic heterocycles. The Bertz CT molecular complexity index is 372. The zero-order valence-electron chi connectivity index (χ0n) is 10.7. The van der Waals surface area contributed by atoms with E-state index >= 15 is 0 Å². The van der Waals surface area contributed by atoms with Crippen LogP contribution < -0.4 is 9.47 Å². The maximum Gasteiger partial charge on any atom is 0.167 e. The number of ether oxygens (including phenoxy) is 3. The maximum absolute atomic E-state index is 9.37. The molecule has 0 bridgehead atoms. The predicted molar refractivity (Wildman–Crippen MR) is 68.0 cm³/mol. The molecule has 1 aromatic carbocycles. The molecule has 1 unspecified atom stereocenters. The summed E-state index contributed by atoms with van der Waals surface area (Å²) in [5, 5.41) is 9.37. The Labute approximate surface area is 107 Å². The summed E-state index contributed by atoms with van der Waals surface area (Å²) in [5.74, 6) is 1.34. The number of hydrogen-bond donors (Lipinski definition) is 1. The van der Waals surface area contributed by atoms with Crippen molar-refractivity contribution < 1.29 is 19.3 Å². The summed E-state index contributed by atoms with van der Waals surface area (Å²) in [6.07, 6.45) is 2.03. The summed E-state index contributed by atoms with van der Waals surface area (Å²) in [5.41, 5.74) is 0.756. The van der Waals surface area contributed by atoms with Crippen LogP contribution in [0.25, 0.3) is 0 Å². The molecule has 0 amide bonds. The van der Waals surface area contributed by atoms with E-state index in [-0.39, 0.29) is 12.7 Å². The van der Waals surface area contributed by atoms with Crippen LogP contribution in [0.4, 0.5) is 0 Å². The van der Waals surface area contributed by atoms with Crippen LogP contribution >= 0.6 is 0 Å². The van der Waals surface area contributed by atoms with Crippen LogP contribution in [-0.4, -0.2) is 31.0 Å². The molecule has 1 fully saturated rings. The minimum absolute atomic E-state index is 0.0469. The standard InChI is InChI=1S/C14H20O4/c1-2-17-13-7-3-5-11(9-15)14(13)18-12-6-4-8-16-10-12/h3,5,7,12,15H,2,4,6,8-10H2,1H3. The van der Waals surface area contributed by atoms with Gasteiger partial charge in [-0.15, -0.1) is 0 Å². The molecule has 4 nitrogen and oxygen atoms in total. The highest BCUT2D eigenvalue weighted by Crippen LogP contribution is 2.33. The molecule has 18 heavy (non-hydrogen) atoms. The lowest BCUT2D eigenvalue weighted by Crippen LogP contribution is -2.28. The van der Waals surface area contributed by atoms with Gasteiger partial charge in [-0.25, -0.2) is 0 Å². The normalized spacial score (nSPS) is 19.6. The first-order chi connectivity index (χ1) is 8.85. The molecule has 1 heterocycles. The van der Waals surface area contributed by atoms with Crippen LogP contribution in [0.15, 0.2) is 18.2 Å². The van der Waals surface area contributed by atoms with Gasteiger partial charge in [0.1, 0.15) is 6.10 Å². The van der Waals surface area contributed by atoms with E-state index < -0.39 is 0 Å². The van der Waals surface area contributed by atoms with Crippen molar-refractivity contribution in [3.05, 3.63) is 23.8 Å². The number of benzene rings is 1. The maximum atomic E-state index is 9.37. The number of aliphatic hydroxyl groups is 1. The third kappa shape index (κ3) is 3.15. The van der Waals surface area contributed by atoms with Crippen molar-refractivity contribution in [2.24, 2.45) is 0 Å². The van der Waals surface area contributed by atoms with Crippen LogP contribution in [0.2, 0.25) is 0 Å². The van der Waals surface area contributed by atoms with Crippen LogP contribution in [0.1, 0.15) is 25.3 Å². The van der Waals surface area contributed by atoms with Gasteiger partial charge < -0.3 is 19.3 Å². The van der Waals surface area contributed by atoms with E-state index in [1.807, 2.05) is 25.1 Å². The Morgan fingerprint density at radius 3 is 3.00 bits per heavy atom. The fourth-order valence-corrected chi connectivity index (χ4v) is 2.06. The van der Waals surface area contributed by atoms with Gasteiger partial charge >= 0.3 is 0 Å². The van der Waals surface area contributed by atoms with Crippen molar-refractivity contribution in [2.45, 2.75) is 32.5 Å². The highest BCUT2D eigenvalue weighted by atomic mass is 16.6. The van der Waals surface area contributed by atoms with Crippen LogP contribution in [0.3, 0.4) is 0 Å². The van der Waals surface area contributed by atoms with E-state index in [4.69, 9.17) is 14.2 Å². The van der Waals surface area contributed by atoms with E-state index in [1.165, 1.54) is 0 Å². The molecule has 1 N–H and O–H groups in total. The van der Waals surface area contributed by atoms with Gasteiger partial charge in [0.15, 0.2) is 11.5 Å². The molecule has 1 atom stereocenters. The number of rotatable bonds is 5. The summed E-state index contributed by atoms with van der Waals surface area (Å²) in [6, 6.07) is 5.57. The second kappa shape index (κ2) is 6.61. The molecule has 4 heteroatoms. The average Bonchev–Trinajstić information content (AvgIpc) is 2.42. The van der Waals surface area contributed by atoms with Crippen LogP contribution in [0.5, 0.6) is 11.5 Å². The highest BCUT2D eigenvalue weighted by molar-refractivity contribution is 5.46. The summed E-state index contributed by atoms with van der Waals surface area (Å²) < 4.78 is 16.9. The van der Waals surface area contributed by atoms with Gasteiger partial charge in [-0.3, -0.25) is 0 Å². The molecule has 2 rings (SSSR count). The molecule has 0 aromatic heterocycles. The van der Waals surface area contributed by atoms with E-state index in [0.717, 1.165) is 25.0 Å². The molecule has 1 aromatic rings. The van der Waals surface area contributed by atoms with Crippen LogP contribution in [-0.2, 0) is 11.3 Å². The molecule has 0 spiro atoms. The third-order valence-electron chi connectivity index (χ3n) is 2.93. The molecule has 100 valence electrons. The van der Waals surface area contributed by atoms with Crippen molar-refractivity contribution >= 4 is 0 Å². The van der Waals surface area contributed by atoms with Crippen molar-refractivity contribution in [1.82, 2.24) is 0 Å². The van der Waals surface area contributed by atoms with E-state index in [0.29, 0.717) is 24.7 Å². The summed E-state index contributed by atoms with van der Waals surface area (Å²) >= 11 is 0. The molecular weight excluding hydrogens is 232 g/mol. The monoisotopic (exact) mass is 252 g/mol. The fourth-order valence-electron chi connectivity index (χ4n) is 2.06. The Hall–Kier alpha value is -1.26. The quantitative estimate of drug-likeness (QED) is 0.872. The SMILES string of the molecule is CCOc1cccc(CO)c1OC1CCCOC1. The minimum Gasteiger partial charge on any atom is -0.490 e. The second-order valence-electron chi connectivity index (χ2n) is 4.29. The Balaban J connectivity index is 2.16. The van der Waals surface area contributed by atoms with Gasteiger partial charge in [0.05, 0.1) is 19.8 Å². The lowest BCUT2D eigenvalue weighted by molar-refractivity contribution is 0.00538. The largest absolute Gasteiger partial charge is 0.490 e. The van der Waals surface area contributed by atoms with Crippen LogP contribution in [0, 0.1) is 0 Å². The first-order valence-electron chi connectivity index (χ1n) is 6.45. The summed E-state index contributed by atoms with van der Waals surface area (Å²) in [4.78, 5) is 0. The Morgan fingerprint density at radius 2 is 2.33 bits per heavy atom. The van der Waals surface area contributed by atoms with Gasteiger partial charge in [-0.2, -0.15) is 0 Å². The molecule has 0 aliphatic carbocycles. The summed E-state index contributed by atoms with van der Waals surface area (Å²) in [7, 11) is 0. The van der Waals surface area contributed by atoms with E-state index in [2.05, 4.69) is 0 Å². The Morgan fingerprint density at radius 1 is 1.44 bits per heavy atom. The highest BCUT2D eigenvalue weighted by Gasteiger charge is 2.19. The van der Waals surface area contributed by atoms with E-state index in [1.54, 1.807) is 0 Å². The predicted octanol–water partition coefficient (Wildman–Crippen LogP) is 2.14. The first-order valence-corrected chi connectivity index (χ1v) is 6.45. The number of aliphatic hydroxyl groups excluding tert-OH is 1. The van der Waals surface area contributed by atoms with Gasteiger partial charge in [0, 0.05) is 12.2 Å². The van der Waals surface area contributed by atoms with Gasteiger partial charge in [0.2, 0.25) is 0 Å². The first kappa shape index (κ1) is 13.2. The molecular formula is C14H20O4.